The van der Waals surface area contributed by atoms with Crippen LogP contribution in [0.15, 0.2) is 30.3 Å². The summed E-state index contributed by atoms with van der Waals surface area (Å²) < 4.78 is 1.77. The van der Waals surface area contributed by atoms with E-state index in [0.29, 0.717) is 5.82 Å². The molecule has 1 aromatic carbocycles. The number of nitrogens with one attached hydrogen (secondary N) is 1. The highest BCUT2D eigenvalue weighted by atomic mass is 16.2. The second kappa shape index (κ2) is 6.44. The van der Waals surface area contributed by atoms with E-state index in [1.165, 1.54) is 11.1 Å². The number of likely N-dealkylation sites (tertiary alicyclic amines) is 1. The Morgan fingerprint density at radius 1 is 1.22 bits per heavy atom. The molecule has 1 aliphatic heterocycles. The van der Waals surface area contributed by atoms with Crippen LogP contribution < -0.4 is 5.32 Å². The van der Waals surface area contributed by atoms with Gasteiger partial charge in [0.05, 0.1) is 6.04 Å². The van der Waals surface area contributed by atoms with Gasteiger partial charge in [-0.25, -0.2) is 4.79 Å². The molecule has 1 fully saturated rings. The van der Waals surface area contributed by atoms with Gasteiger partial charge in [-0.1, -0.05) is 29.8 Å². The number of aryl methyl sites for hydroxylation is 3. The molecule has 1 saturated heterocycles. The Balaban J connectivity index is 1.77. The van der Waals surface area contributed by atoms with Crippen molar-refractivity contribution in [1.29, 1.82) is 0 Å². The number of carbonyl (C=O) groups excluding carboxylic acids is 1. The molecule has 5 heteroatoms. The predicted molar refractivity (Wildman–Crippen MR) is 91.4 cm³/mol. The van der Waals surface area contributed by atoms with Gasteiger partial charge >= 0.3 is 6.03 Å². The largest absolute Gasteiger partial charge is 0.323 e. The van der Waals surface area contributed by atoms with E-state index in [4.69, 9.17) is 0 Å². The van der Waals surface area contributed by atoms with Crippen LogP contribution in [0, 0.1) is 13.8 Å². The minimum Gasteiger partial charge on any atom is -0.317 e. The Hall–Kier alpha value is -2.30. The fraction of sp³-hybridized carbons (Fsp3) is 0.444. The molecule has 0 radical (unpaired) electrons. The first-order chi connectivity index (χ1) is 11.0. The van der Waals surface area contributed by atoms with Crippen molar-refractivity contribution < 1.29 is 4.79 Å². The van der Waals surface area contributed by atoms with Crippen molar-refractivity contribution in [3.8, 4) is 0 Å². The van der Waals surface area contributed by atoms with Crippen molar-refractivity contribution in [3.05, 3.63) is 47.2 Å². The van der Waals surface area contributed by atoms with E-state index < -0.39 is 0 Å². The minimum absolute atomic E-state index is 0.0617. The topological polar surface area (TPSA) is 50.2 Å². The fourth-order valence-electron chi connectivity index (χ4n) is 3.11. The van der Waals surface area contributed by atoms with E-state index in [0.717, 1.165) is 31.5 Å². The van der Waals surface area contributed by atoms with Gasteiger partial charge in [0.15, 0.2) is 5.82 Å². The standard InChI is InChI=1S/C18H24N4O/c1-13-7-9-15(10-8-13)16-6-4-5-11-22(16)18(23)19-17-12-14(2)21(3)20-17/h7-10,12,16H,4-6,11H2,1-3H3,(H,19,20,23). The summed E-state index contributed by atoms with van der Waals surface area (Å²) in [4.78, 5) is 14.6. The van der Waals surface area contributed by atoms with Crippen molar-refractivity contribution >= 4 is 11.8 Å². The summed E-state index contributed by atoms with van der Waals surface area (Å²) in [5, 5.41) is 7.25. The Morgan fingerprint density at radius 3 is 2.61 bits per heavy atom. The number of piperidine rings is 1. The summed E-state index contributed by atoms with van der Waals surface area (Å²) in [6, 6.07) is 10.5. The third kappa shape index (κ3) is 3.38. The number of benzene rings is 1. The average molecular weight is 312 g/mol. The zero-order chi connectivity index (χ0) is 16.4. The lowest BCUT2D eigenvalue weighted by Gasteiger charge is -2.35. The van der Waals surface area contributed by atoms with Crippen LogP contribution in [0.5, 0.6) is 0 Å². The normalized spacial score (nSPS) is 18.0. The van der Waals surface area contributed by atoms with Crippen LogP contribution >= 0.6 is 0 Å². The summed E-state index contributed by atoms with van der Waals surface area (Å²) in [7, 11) is 1.88. The molecule has 0 spiro atoms. The molecule has 0 bridgehead atoms. The molecule has 0 saturated carbocycles. The highest BCUT2D eigenvalue weighted by molar-refractivity contribution is 5.88. The average Bonchev–Trinajstić information content (AvgIpc) is 2.86. The first-order valence-electron chi connectivity index (χ1n) is 8.19. The molecule has 1 unspecified atom stereocenters. The zero-order valence-electron chi connectivity index (χ0n) is 14.0. The van der Waals surface area contributed by atoms with Gasteiger partial charge < -0.3 is 4.90 Å². The number of nitrogens with zero attached hydrogens (tertiary/aromatic N) is 3. The molecule has 1 aliphatic rings. The molecule has 0 aliphatic carbocycles. The van der Waals surface area contributed by atoms with E-state index in [1.54, 1.807) is 4.68 Å². The maximum Gasteiger partial charge on any atom is 0.323 e. The van der Waals surface area contributed by atoms with E-state index in [-0.39, 0.29) is 12.1 Å². The van der Waals surface area contributed by atoms with Crippen molar-refractivity contribution in [2.75, 3.05) is 11.9 Å². The van der Waals surface area contributed by atoms with Gasteiger partial charge in [-0.2, -0.15) is 5.10 Å². The number of carbonyl (C=O) groups is 1. The van der Waals surface area contributed by atoms with E-state index in [9.17, 15) is 4.79 Å². The highest BCUT2D eigenvalue weighted by Gasteiger charge is 2.28. The van der Waals surface area contributed by atoms with E-state index >= 15 is 0 Å². The van der Waals surface area contributed by atoms with Gasteiger partial charge in [0.25, 0.3) is 0 Å². The lowest BCUT2D eigenvalue weighted by molar-refractivity contribution is 0.163. The quantitative estimate of drug-likeness (QED) is 0.917. The molecule has 122 valence electrons. The van der Waals surface area contributed by atoms with Crippen molar-refractivity contribution in [2.45, 2.75) is 39.2 Å². The zero-order valence-corrected chi connectivity index (χ0v) is 14.0. The third-order valence-corrected chi connectivity index (χ3v) is 4.57. The van der Waals surface area contributed by atoms with Crippen LogP contribution in [0.25, 0.3) is 0 Å². The number of anilines is 1. The SMILES string of the molecule is Cc1ccc(C2CCCCN2C(=O)Nc2cc(C)n(C)n2)cc1. The molecule has 1 atom stereocenters. The molecule has 2 amide bonds. The molecule has 23 heavy (non-hydrogen) atoms. The number of hydrogen-bond acceptors (Lipinski definition) is 2. The molecule has 2 aromatic rings. The van der Waals surface area contributed by atoms with Crippen LogP contribution in [0.3, 0.4) is 0 Å². The number of rotatable bonds is 2. The van der Waals surface area contributed by atoms with Crippen molar-refractivity contribution in [3.63, 3.8) is 0 Å². The summed E-state index contributed by atoms with van der Waals surface area (Å²) in [6.45, 7) is 4.84. The Bertz CT molecular complexity index is 670. The highest BCUT2D eigenvalue weighted by Crippen LogP contribution is 2.31. The maximum atomic E-state index is 12.7. The molecular weight excluding hydrogens is 288 g/mol. The summed E-state index contributed by atoms with van der Waals surface area (Å²) >= 11 is 0. The lowest BCUT2D eigenvalue weighted by atomic mass is 9.95. The molecule has 2 heterocycles. The fourth-order valence-corrected chi connectivity index (χ4v) is 3.11. The van der Waals surface area contributed by atoms with Crippen molar-refractivity contribution in [1.82, 2.24) is 14.7 Å². The first kappa shape index (κ1) is 15.6. The summed E-state index contributed by atoms with van der Waals surface area (Å²) in [5.41, 5.74) is 3.47. The van der Waals surface area contributed by atoms with Crippen LogP contribution in [0.2, 0.25) is 0 Å². The molecule has 5 nitrogen and oxygen atoms in total. The molecule has 3 rings (SSSR count). The third-order valence-electron chi connectivity index (χ3n) is 4.57. The van der Waals surface area contributed by atoms with Gasteiger partial charge in [0, 0.05) is 25.4 Å². The molecular formula is C18H24N4O. The van der Waals surface area contributed by atoms with Crippen LogP contribution in [-0.2, 0) is 7.05 Å². The molecule has 1 aromatic heterocycles. The van der Waals surface area contributed by atoms with Gasteiger partial charge in [0.2, 0.25) is 0 Å². The summed E-state index contributed by atoms with van der Waals surface area (Å²) in [5.74, 6) is 0.614. The lowest BCUT2D eigenvalue weighted by Crippen LogP contribution is -2.41. The van der Waals surface area contributed by atoms with Gasteiger partial charge in [0.1, 0.15) is 0 Å². The van der Waals surface area contributed by atoms with Gasteiger partial charge in [-0.3, -0.25) is 10.00 Å². The number of hydrogen-bond donors (Lipinski definition) is 1. The maximum absolute atomic E-state index is 12.7. The van der Waals surface area contributed by atoms with Gasteiger partial charge in [-0.15, -0.1) is 0 Å². The molecule has 1 N–H and O–H groups in total. The van der Waals surface area contributed by atoms with Crippen molar-refractivity contribution in [2.24, 2.45) is 7.05 Å². The first-order valence-corrected chi connectivity index (χ1v) is 8.19. The summed E-state index contributed by atoms with van der Waals surface area (Å²) in [6.07, 6.45) is 3.22. The number of amides is 2. The second-order valence-corrected chi connectivity index (χ2v) is 6.34. The number of aromatic nitrogens is 2. The minimum atomic E-state index is -0.0617. The van der Waals surface area contributed by atoms with Gasteiger partial charge in [-0.05, 0) is 38.7 Å². The Kier molecular flexibility index (Phi) is 4.37. The van der Waals surface area contributed by atoms with Crippen LogP contribution in [-0.4, -0.2) is 27.3 Å². The van der Waals surface area contributed by atoms with E-state index in [1.807, 2.05) is 24.9 Å². The van der Waals surface area contributed by atoms with E-state index in [2.05, 4.69) is 41.6 Å². The monoisotopic (exact) mass is 312 g/mol. The second-order valence-electron chi connectivity index (χ2n) is 6.34. The van der Waals surface area contributed by atoms with Crippen LogP contribution in [0.1, 0.15) is 42.1 Å². The van der Waals surface area contributed by atoms with Crippen LogP contribution in [0.4, 0.5) is 10.6 Å². The number of urea groups is 1. The Morgan fingerprint density at radius 2 is 1.96 bits per heavy atom. The predicted octanol–water partition coefficient (Wildman–Crippen LogP) is 3.80. The Labute approximate surface area is 137 Å². The smallest absolute Gasteiger partial charge is 0.317 e.